The van der Waals surface area contributed by atoms with Gasteiger partial charge in [0.25, 0.3) is 5.91 Å². The van der Waals surface area contributed by atoms with Gasteiger partial charge in [0.2, 0.25) is 5.91 Å². The summed E-state index contributed by atoms with van der Waals surface area (Å²) in [5.74, 6) is -0.480. The summed E-state index contributed by atoms with van der Waals surface area (Å²) in [7, 11) is 0. The average molecular weight is 260 g/mol. The second-order valence-corrected chi connectivity index (χ2v) is 4.03. The molecule has 0 aromatic heterocycles. The minimum Gasteiger partial charge on any atom is -0.351 e. The van der Waals surface area contributed by atoms with E-state index in [-0.39, 0.29) is 11.8 Å². The van der Waals surface area contributed by atoms with Crippen molar-refractivity contribution in [3.05, 3.63) is 47.5 Å². The van der Waals surface area contributed by atoms with Crippen molar-refractivity contribution in [2.75, 3.05) is 13.1 Å². The molecule has 0 bridgehead atoms. The highest BCUT2D eigenvalue weighted by atomic mass is 16.2. The van der Waals surface area contributed by atoms with Crippen LogP contribution in [0.5, 0.6) is 0 Å². The van der Waals surface area contributed by atoms with E-state index in [1.54, 1.807) is 31.2 Å². The topological polar surface area (TPSA) is 75.3 Å². The molecule has 2 N–H and O–H groups in total. The Morgan fingerprint density at radius 2 is 1.74 bits per heavy atom. The maximum absolute atomic E-state index is 11.7. The van der Waals surface area contributed by atoms with Gasteiger partial charge in [-0.05, 0) is 19.1 Å². The van der Waals surface area contributed by atoms with Crippen LogP contribution in [0.1, 0.15) is 27.6 Å². The van der Waals surface area contributed by atoms with E-state index < -0.39 is 0 Å². The molecule has 0 radical (unpaired) electrons. The monoisotopic (exact) mass is 260 g/mol. The summed E-state index contributed by atoms with van der Waals surface area (Å²) < 4.78 is 0. The second-order valence-electron chi connectivity index (χ2n) is 4.03. The molecule has 0 aliphatic heterocycles. The van der Waals surface area contributed by atoms with E-state index in [0.29, 0.717) is 29.8 Å². The fourth-order valence-corrected chi connectivity index (χ4v) is 1.32. The number of hydrogen-bond donors (Lipinski definition) is 2. The number of nitrogens with one attached hydrogen (secondary N) is 2. The maximum atomic E-state index is 11.7. The van der Waals surface area contributed by atoms with Crippen LogP contribution in [0.2, 0.25) is 0 Å². The first-order chi connectivity index (χ1) is 9.04. The summed E-state index contributed by atoms with van der Waals surface area (Å²) in [6.45, 7) is 5.78. The van der Waals surface area contributed by atoms with Crippen LogP contribution >= 0.6 is 0 Å². The van der Waals surface area contributed by atoms with E-state index >= 15 is 0 Å². The van der Waals surface area contributed by atoms with Gasteiger partial charge in [-0.2, -0.15) is 0 Å². The van der Waals surface area contributed by atoms with Crippen LogP contribution in [-0.2, 0) is 4.79 Å². The Balaban J connectivity index is 2.36. The molecule has 5 nitrogen and oxygen atoms in total. The molecule has 0 fully saturated rings. The van der Waals surface area contributed by atoms with Crippen LogP contribution in [0, 0.1) is 0 Å². The van der Waals surface area contributed by atoms with Gasteiger partial charge in [-0.25, -0.2) is 0 Å². The number of carbonyl (C=O) groups is 3. The second kappa shape index (κ2) is 7.10. The first-order valence-electron chi connectivity index (χ1n) is 5.81. The summed E-state index contributed by atoms with van der Waals surface area (Å²) in [5.41, 5.74) is 1.41. The zero-order chi connectivity index (χ0) is 14.3. The summed E-state index contributed by atoms with van der Waals surface area (Å²) >= 11 is 0. The van der Waals surface area contributed by atoms with Crippen molar-refractivity contribution >= 4 is 18.1 Å². The van der Waals surface area contributed by atoms with Crippen molar-refractivity contribution in [2.24, 2.45) is 0 Å². The highest BCUT2D eigenvalue weighted by Crippen LogP contribution is 2.01. The van der Waals surface area contributed by atoms with Crippen LogP contribution in [0.25, 0.3) is 0 Å². The standard InChI is InChI=1S/C14H16N2O3/c1-10(2)13(18)15-7-8-16-14(19)12-5-3-11(9-17)4-6-12/h3-6,9H,1,7-8H2,2H3,(H,15,18)(H,16,19). The smallest absolute Gasteiger partial charge is 0.251 e. The number of hydrogen-bond acceptors (Lipinski definition) is 3. The van der Waals surface area contributed by atoms with Crippen LogP contribution in [0.15, 0.2) is 36.4 Å². The Morgan fingerprint density at radius 1 is 1.16 bits per heavy atom. The largest absolute Gasteiger partial charge is 0.351 e. The van der Waals surface area contributed by atoms with Crippen LogP contribution in [0.3, 0.4) is 0 Å². The first-order valence-corrected chi connectivity index (χ1v) is 5.81. The Labute approximate surface area is 111 Å². The van der Waals surface area contributed by atoms with Crippen molar-refractivity contribution in [3.8, 4) is 0 Å². The van der Waals surface area contributed by atoms with Gasteiger partial charge in [0.15, 0.2) is 0 Å². The highest BCUT2D eigenvalue weighted by Gasteiger charge is 2.05. The summed E-state index contributed by atoms with van der Waals surface area (Å²) in [6.07, 6.45) is 0.717. The number of carbonyl (C=O) groups excluding carboxylic acids is 3. The van der Waals surface area contributed by atoms with Gasteiger partial charge in [0.05, 0.1) is 0 Å². The lowest BCUT2D eigenvalue weighted by Gasteiger charge is -2.07. The Kier molecular flexibility index (Phi) is 5.47. The van der Waals surface area contributed by atoms with Crippen LogP contribution in [0.4, 0.5) is 0 Å². The molecule has 0 unspecified atom stereocenters. The average Bonchev–Trinajstić information content (AvgIpc) is 2.43. The lowest BCUT2D eigenvalue weighted by molar-refractivity contribution is -0.117. The zero-order valence-corrected chi connectivity index (χ0v) is 10.7. The van der Waals surface area contributed by atoms with E-state index in [1.807, 2.05) is 0 Å². The van der Waals surface area contributed by atoms with E-state index in [0.717, 1.165) is 6.29 Å². The van der Waals surface area contributed by atoms with Gasteiger partial charge in [-0.3, -0.25) is 14.4 Å². The lowest BCUT2D eigenvalue weighted by Crippen LogP contribution is -2.34. The number of amides is 2. The molecule has 0 aliphatic rings. The normalized spacial score (nSPS) is 9.53. The number of rotatable bonds is 6. The molecule has 0 spiro atoms. The van der Waals surface area contributed by atoms with Crippen molar-refractivity contribution in [3.63, 3.8) is 0 Å². The van der Waals surface area contributed by atoms with E-state index in [9.17, 15) is 14.4 Å². The molecule has 0 saturated carbocycles. The lowest BCUT2D eigenvalue weighted by atomic mass is 10.1. The minimum absolute atomic E-state index is 0.232. The van der Waals surface area contributed by atoms with Crippen molar-refractivity contribution in [1.82, 2.24) is 10.6 Å². The van der Waals surface area contributed by atoms with Crippen molar-refractivity contribution in [2.45, 2.75) is 6.92 Å². The molecular formula is C14H16N2O3. The fraction of sp³-hybridized carbons (Fsp3) is 0.214. The fourth-order valence-electron chi connectivity index (χ4n) is 1.32. The highest BCUT2D eigenvalue weighted by molar-refractivity contribution is 5.95. The molecular weight excluding hydrogens is 244 g/mol. The summed E-state index contributed by atoms with van der Waals surface area (Å²) in [6, 6.07) is 6.30. The molecule has 1 aromatic carbocycles. The zero-order valence-electron chi connectivity index (χ0n) is 10.7. The molecule has 0 aliphatic carbocycles. The summed E-state index contributed by atoms with van der Waals surface area (Å²) in [5, 5.41) is 5.27. The van der Waals surface area contributed by atoms with E-state index in [4.69, 9.17) is 0 Å². The quantitative estimate of drug-likeness (QED) is 0.454. The SMILES string of the molecule is C=C(C)C(=O)NCCNC(=O)c1ccc(C=O)cc1. The maximum Gasteiger partial charge on any atom is 0.251 e. The van der Waals surface area contributed by atoms with Gasteiger partial charge in [-0.1, -0.05) is 18.7 Å². The molecule has 0 heterocycles. The molecule has 19 heavy (non-hydrogen) atoms. The Hall–Kier alpha value is -2.43. The Bertz CT molecular complexity index is 492. The van der Waals surface area contributed by atoms with Gasteiger partial charge < -0.3 is 10.6 Å². The molecule has 0 atom stereocenters. The Morgan fingerprint density at radius 3 is 2.26 bits per heavy atom. The molecule has 5 heteroatoms. The predicted octanol–water partition coefficient (Wildman–Crippen LogP) is 0.921. The van der Waals surface area contributed by atoms with Gasteiger partial charge >= 0.3 is 0 Å². The first kappa shape index (κ1) is 14.6. The summed E-state index contributed by atoms with van der Waals surface area (Å²) in [4.78, 5) is 33.3. The van der Waals surface area contributed by atoms with Gasteiger partial charge in [0.1, 0.15) is 6.29 Å². The van der Waals surface area contributed by atoms with E-state index in [1.165, 1.54) is 0 Å². The van der Waals surface area contributed by atoms with E-state index in [2.05, 4.69) is 17.2 Å². The molecule has 100 valence electrons. The minimum atomic E-state index is -0.248. The van der Waals surface area contributed by atoms with Gasteiger partial charge in [-0.15, -0.1) is 0 Å². The van der Waals surface area contributed by atoms with Crippen LogP contribution in [-0.4, -0.2) is 31.2 Å². The van der Waals surface area contributed by atoms with Crippen molar-refractivity contribution in [1.29, 1.82) is 0 Å². The van der Waals surface area contributed by atoms with Crippen molar-refractivity contribution < 1.29 is 14.4 Å². The van der Waals surface area contributed by atoms with Gasteiger partial charge in [0, 0.05) is 29.8 Å². The predicted molar refractivity (Wildman–Crippen MR) is 72.0 cm³/mol. The molecule has 1 rings (SSSR count). The third-order valence-electron chi connectivity index (χ3n) is 2.39. The third kappa shape index (κ3) is 4.75. The molecule has 1 aromatic rings. The number of benzene rings is 1. The number of aldehydes is 1. The van der Waals surface area contributed by atoms with Crippen LogP contribution < -0.4 is 10.6 Å². The third-order valence-corrected chi connectivity index (χ3v) is 2.39. The molecule has 0 saturated heterocycles. The molecule has 2 amide bonds.